The lowest BCUT2D eigenvalue weighted by Gasteiger charge is -2.32. The van der Waals surface area contributed by atoms with Crippen molar-refractivity contribution in [2.24, 2.45) is 0 Å². The summed E-state index contributed by atoms with van der Waals surface area (Å²) in [4.78, 5) is 23.9. The molecule has 0 spiro atoms. The van der Waals surface area contributed by atoms with E-state index < -0.39 is 10.0 Å². The minimum atomic E-state index is -3.71. The zero-order valence-corrected chi connectivity index (χ0v) is 13.9. The molecular weight excluding hydrogens is 330 g/mol. The number of ketones is 1. The standard InChI is InChI=1S/C11H17N5O4S2/c1-8(17)7-15-3-5-16(6-4-15)22(19,20)11-14-13-10(21-11)12-9(2)18/h3-7H2,1-2H3,(H,12,13,18). The summed E-state index contributed by atoms with van der Waals surface area (Å²) in [5, 5.41) is 9.85. The number of hydrogen-bond acceptors (Lipinski definition) is 8. The summed E-state index contributed by atoms with van der Waals surface area (Å²) in [5.41, 5.74) is 0. The Morgan fingerprint density at radius 2 is 1.82 bits per heavy atom. The van der Waals surface area contributed by atoms with Gasteiger partial charge in [0.05, 0.1) is 6.54 Å². The fourth-order valence-corrected chi connectivity index (χ4v) is 4.58. The molecule has 1 N–H and O–H groups in total. The Bertz CT molecular complexity index is 664. The molecule has 22 heavy (non-hydrogen) atoms. The average molecular weight is 347 g/mol. The van der Waals surface area contributed by atoms with Crippen LogP contribution in [0.2, 0.25) is 0 Å². The van der Waals surface area contributed by atoms with E-state index in [1.54, 1.807) is 0 Å². The molecule has 1 fully saturated rings. The number of amides is 1. The molecule has 1 aromatic rings. The number of nitrogens with one attached hydrogen (secondary N) is 1. The number of anilines is 1. The maximum atomic E-state index is 12.5. The Labute approximate surface area is 132 Å². The molecule has 0 aromatic carbocycles. The Hall–Kier alpha value is -1.43. The average Bonchev–Trinajstić information content (AvgIpc) is 2.87. The van der Waals surface area contributed by atoms with Crippen LogP contribution in [-0.2, 0) is 19.6 Å². The zero-order chi connectivity index (χ0) is 16.3. The van der Waals surface area contributed by atoms with Gasteiger partial charge in [0.1, 0.15) is 5.78 Å². The second-order valence-electron chi connectivity index (χ2n) is 4.94. The van der Waals surface area contributed by atoms with Crippen molar-refractivity contribution in [3.63, 3.8) is 0 Å². The van der Waals surface area contributed by atoms with Crippen molar-refractivity contribution in [2.45, 2.75) is 18.2 Å². The maximum absolute atomic E-state index is 12.5. The molecule has 0 radical (unpaired) electrons. The van der Waals surface area contributed by atoms with E-state index in [1.807, 2.05) is 4.90 Å². The first-order valence-electron chi connectivity index (χ1n) is 6.62. The van der Waals surface area contributed by atoms with Crippen LogP contribution in [0.1, 0.15) is 13.8 Å². The van der Waals surface area contributed by atoms with Gasteiger partial charge in [-0.2, -0.15) is 4.31 Å². The molecule has 1 aromatic heterocycles. The molecule has 0 atom stereocenters. The monoisotopic (exact) mass is 347 g/mol. The molecule has 9 nitrogen and oxygen atoms in total. The summed E-state index contributed by atoms with van der Waals surface area (Å²) in [6, 6.07) is 0. The van der Waals surface area contributed by atoms with Crippen molar-refractivity contribution >= 4 is 38.2 Å². The molecule has 122 valence electrons. The Morgan fingerprint density at radius 1 is 1.18 bits per heavy atom. The molecule has 1 amide bonds. The van der Waals surface area contributed by atoms with Gasteiger partial charge in [0, 0.05) is 33.1 Å². The van der Waals surface area contributed by atoms with Gasteiger partial charge in [-0.25, -0.2) is 8.42 Å². The van der Waals surface area contributed by atoms with Gasteiger partial charge >= 0.3 is 0 Å². The van der Waals surface area contributed by atoms with E-state index >= 15 is 0 Å². The molecular formula is C11H17N5O4S2. The first-order valence-corrected chi connectivity index (χ1v) is 8.87. The third-order valence-electron chi connectivity index (χ3n) is 3.03. The third kappa shape index (κ3) is 4.06. The lowest BCUT2D eigenvalue weighted by Crippen LogP contribution is -2.49. The van der Waals surface area contributed by atoms with Gasteiger partial charge in [0.15, 0.2) is 0 Å². The number of carbonyl (C=O) groups excluding carboxylic acids is 2. The van der Waals surface area contributed by atoms with Gasteiger partial charge in [-0.05, 0) is 6.92 Å². The van der Waals surface area contributed by atoms with Gasteiger partial charge in [0.2, 0.25) is 15.4 Å². The number of aromatic nitrogens is 2. The number of hydrogen-bond donors (Lipinski definition) is 1. The van der Waals surface area contributed by atoms with Crippen molar-refractivity contribution < 1.29 is 18.0 Å². The van der Waals surface area contributed by atoms with Crippen LogP contribution in [0.5, 0.6) is 0 Å². The zero-order valence-electron chi connectivity index (χ0n) is 12.3. The number of piperazine rings is 1. The molecule has 11 heteroatoms. The summed E-state index contributed by atoms with van der Waals surface area (Å²) in [5.74, 6) is -0.279. The van der Waals surface area contributed by atoms with Crippen LogP contribution in [0.15, 0.2) is 4.34 Å². The van der Waals surface area contributed by atoms with Gasteiger partial charge in [-0.15, -0.1) is 10.2 Å². The van der Waals surface area contributed by atoms with E-state index in [0.29, 0.717) is 32.7 Å². The predicted molar refractivity (Wildman–Crippen MR) is 80.1 cm³/mol. The van der Waals surface area contributed by atoms with E-state index in [2.05, 4.69) is 15.5 Å². The van der Waals surface area contributed by atoms with Crippen molar-refractivity contribution in [2.75, 3.05) is 38.0 Å². The topological polar surface area (TPSA) is 113 Å². The molecule has 1 aliphatic rings. The third-order valence-corrected chi connectivity index (χ3v) is 6.11. The summed E-state index contributed by atoms with van der Waals surface area (Å²) < 4.78 is 26.1. The van der Waals surface area contributed by atoms with Crippen LogP contribution in [0.4, 0.5) is 5.13 Å². The van der Waals surface area contributed by atoms with Gasteiger partial charge in [-0.1, -0.05) is 11.3 Å². The largest absolute Gasteiger partial charge is 0.301 e. The van der Waals surface area contributed by atoms with Crippen molar-refractivity contribution in [1.29, 1.82) is 0 Å². The van der Waals surface area contributed by atoms with Crippen molar-refractivity contribution in [3.05, 3.63) is 0 Å². The molecule has 1 aliphatic heterocycles. The quantitative estimate of drug-likeness (QED) is 0.707. The Morgan fingerprint density at radius 3 is 2.36 bits per heavy atom. The number of carbonyl (C=O) groups is 2. The summed E-state index contributed by atoms with van der Waals surface area (Å²) in [6.45, 7) is 4.73. The molecule has 1 saturated heterocycles. The second-order valence-corrected chi connectivity index (χ2v) is 8.03. The minimum absolute atomic E-state index is 0.0559. The fourth-order valence-electron chi connectivity index (χ4n) is 2.07. The van der Waals surface area contributed by atoms with Crippen molar-refractivity contribution in [3.8, 4) is 0 Å². The summed E-state index contributed by atoms with van der Waals surface area (Å²) in [6.07, 6.45) is 0. The van der Waals surface area contributed by atoms with E-state index in [0.717, 1.165) is 11.3 Å². The summed E-state index contributed by atoms with van der Waals surface area (Å²) >= 11 is 0.822. The smallest absolute Gasteiger partial charge is 0.272 e. The van der Waals surface area contributed by atoms with Crippen LogP contribution >= 0.6 is 11.3 Å². The fraction of sp³-hybridized carbons (Fsp3) is 0.636. The SMILES string of the molecule is CC(=O)CN1CCN(S(=O)(=O)c2nnc(NC(C)=O)s2)CC1. The van der Waals surface area contributed by atoms with Crippen LogP contribution < -0.4 is 5.32 Å². The number of sulfonamides is 1. The predicted octanol–water partition coefficient (Wildman–Crippen LogP) is -0.608. The van der Waals surface area contributed by atoms with Crippen LogP contribution in [0, 0.1) is 0 Å². The lowest BCUT2D eigenvalue weighted by atomic mass is 10.3. The highest BCUT2D eigenvalue weighted by molar-refractivity contribution is 7.91. The van der Waals surface area contributed by atoms with Crippen molar-refractivity contribution in [1.82, 2.24) is 19.4 Å². The highest BCUT2D eigenvalue weighted by atomic mass is 32.2. The van der Waals surface area contributed by atoms with E-state index in [-0.39, 0.29) is 21.2 Å². The lowest BCUT2D eigenvalue weighted by molar-refractivity contribution is -0.118. The van der Waals surface area contributed by atoms with Gasteiger partial charge in [0.25, 0.3) is 10.0 Å². The van der Waals surface area contributed by atoms with Crippen LogP contribution in [-0.4, -0.2) is 72.2 Å². The van der Waals surface area contributed by atoms with E-state index in [4.69, 9.17) is 0 Å². The summed E-state index contributed by atoms with van der Waals surface area (Å²) in [7, 11) is -3.71. The minimum Gasteiger partial charge on any atom is -0.301 e. The van der Waals surface area contributed by atoms with E-state index in [1.165, 1.54) is 18.2 Å². The normalized spacial score (nSPS) is 17.4. The molecule has 2 heterocycles. The van der Waals surface area contributed by atoms with Gasteiger partial charge < -0.3 is 5.32 Å². The molecule has 0 unspecified atom stereocenters. The Balaban J connectivity index is 2.03. The first kappa shape index (κ1) is 16.9. The molecule has 0 bridgehead atoms. The number of nitrogens with zero attached hydrogens (tertiary/aromatic N) is 4. The number of rotatable bonds is 5. The highest BCUT2D eigenvalue weighted by Gasteiger charge is 2.31. The first-order chi connectivity index (χ1) is 10.3. The van der Waals surface area contributed by atoms with Crippen LogP contribution in [0.3, 0.4) is 0 Å². The highest BCUT2D eigenvalue weighted by Crippen LogP contribution is 2.24. The van der Waals surface area contributed by atoms with Crippen LogP contribution in [0.25, 0.3) is 0 Å². The molecule has 2 rings (SSSR count). The number of Topliss-reactive ketones (excluding diaryl/α,β-unsaturated/α-hetero) is 1. The maximum Gasteiger partial charge on any atom is 0.272 e. The molecule has 0 aliphatic carbocycles. The van der Waals surface area contributed by atoms with Gasteiger partial charge in [-0.3, -0.25) is 14.5 Å². The second kappa shape index (κ2) is 6.77. The molecule has 0 saturated carbocycles. The Kier molecular flexibility index (Phi) is 5.21. The van der Waals surface area contributed by atoms with E-state index in [9.17, 15) is 18.0 Å².